The first-order chi connectivity index (χ1) is 13.8. The molecule has 0 radical (unpaired) electrons. The molecule has 0 fully saturated rings. The molecule has 0 unspecified atom stereocenters. The third kappa shape index (κ3) is 5.90. The van der Waals surface area contributed by atoms with E-state index in [0.717, 1.165) is 17.3 Å². The summed E-state index contributed by atoms with van der Waals surface area (Å²) in [4.78, 5) is 15.8. The molecule has 0 aliphatic rings. The molecule has 29 heavy (non-hydrogen) atoms. The second kappa shape index (κ2) is 9.54. The quantitative estimate of drug-likeness (QED) is 0.332. The molecular weight excluding hydrogens is 457 g/mol. The zero-order valence-electron chi connectivity index (χ0n) is 14.9. The highest BCUT2D eigenvalue weighted by Crippen LogP contribution is 2.31. The molecule has 0 spiro atoms. The number of aryl methyl sites for hydroxylation is 1. The van der Waals surface area contributed by atoms with Gasteiger partial charge >= 0.3 is 5.97 Å². The van der Waals surface area contributed by atoms with Crippen LogP contribution in [0, 0.1) is 6.92 Å². The van der Waals surface area contributed by atoms with Crippen LogP contribution in [0.1, 0.15) is 17.0 Å². The van der Waals surface area contributed by atoms with E-state index in [0.29, 0.717) is 37.4 Å². The number of thioether (sulfide) groups is 1. The Morgan fingerprint density at radius 3 is 2.66 bits per heavy atom. The monoisotopic (exact) mass is 469 g/mol. The molecule has 0 atom stereocenters. The Bertz CT molecular complexity index is 1090. The number of aromatic amines is 1. The molecule has 0 bridgehead atoms. The zero-order valence-corrected chi connectivity index (χ0v) is 18.0. The van der Waals surface area contributed by atoms with Crippen molar-refractivity contribution in [3.63, 3.8) is 0 Å². The molecule has 0 aliphatic heterocycles. The number of benzene rings is 2. The van der Waals surface area contributed by atoms with Crippen molar-refractivity contribution in [3.8, 4) is 5.75 Å². The van der Waals surface area contributed by atoms with Gasteiger partial charge in [0.1, 0.15) is 23.1 Å². The van der Waals surface area contributed by atoms with E-state index < -0.39 is 5.97 Å². The van der Waals surface area contributed by atoms with Crippen LogP contribution in [0.3, 0.4) is 0 Å². The standard InChI is InChI=1S/C19H14Cl3N3O3S/c1-10-23-19(25-24-10)29-17(18(26)27)8-12-7-13(20)3-5-16(12)28-9-11-2-4-14(21)15(22)6-11/h2-8H,9H2,1H3,(H,26,27)(H,23,24,25)/b17-8-. The number of carboxylic acids is 1. The number of carboxylic acid groups (broad SMARTS) is 1. The maximum Gasteiger partial charge on any atom is 0.342 e. The van der Waals surface area contributed by atoms with Gasteiger partial charge in [0.25, 0.3) is 0 Å². The molecule has 1 aromatic heterocycles. The van der Waals surface area contributed by atoms with Gasteiger partial charge in [0.05, 0.1) is 10.0 Å². The van der Waals surface area contributed by atoms with Crippen LogP contribution < -0.4 is 4.74 Å². The van der Waals surface area contributed by atoms with E-state index in [1.807, 2.05) is 0 Å². The van der Waals surface area contributed by atoms with Gasteiger partial charge in [-0.05, 0) is 60.7 Å². The van der Waals surface area contributed by atoms with Gasteiger partial charge in [-0.15, -0.1) is 5.10 Å². The van der Waals surface area contributed by atoms with E-state index in [1.54, 1.807) is 43.3 Å². The molecule has 150 valence electrons. The second-order valence-corrected chi connectivity index (χ2v) is 8.10. The molecule has 0 saturated carbocycles. The minimum atomic E-state index is -1.12. The van der Waals surface area contributed by atoms with Crippen LogP contribution in [0.15, 0.2) is 46.5 Å². The number of hydrogen-bond donors (Lipinski definition) is 2. The Hall–Kier alpha value is -2.19. The van der Waals surface area contributed by atoms with Gasteiger partial charge in [-0.25, -0.2) is 9.78 Å². The molecule has 1 heterocycles. The first-order valence-electron chi connectivity index (χ1n) is 8.20. The van der Waals surface area contributed by atoms with E-state index >= 15 is 0 Å². The number of aliphatic carboxylic acids is 1. The summed E-state index contributed by atoms with van der Waals surface area (Å²) in [6.07, 6.45) is 1.47. The first kappa shape index (κ1) is 21.5. The van der Waals surface area contributed by atoms with Crippen LogP contribution >= 0.6 is 46.6 Å². The lowest BCUT2D eigenvalue weighted by molar-refractivity contribution is -0.131. The van der Waals surface area contributed by atoms with Gasteiger partial charge in [0, 0.05) is 10.6 Å². The van der Waals surface area contributed by atoms with Gasteiger partial charge in [-0.1, -0.05) is 40.9 Å². The van der Waals surface area contributed by atoms with Gasteiger partial charge in [-0.2, -0.15) is 0 Å². The van der Waals surface area contributed by atoms with E-state index in [1.165, 1.54) is 6.08 Å². The van der Waals surface area contributed by atoms with Crippen LogP contribution in [0.4, 0.5) is 0 Å². The Morgan fingerprint density at radius 1 is 1.21 bits per heavy atom. The summed E-state index contributed by atoms with van der Waals surface area (Å²) < 4.78 is 5.86. The number of aromatic nitrogens is 3. The number of carbonyl (C=O) groups is 1. The molecule has 0 saturated heterocycles. The van der Waals surface area contributed by atoms with Gasteiger partial charge in [0.2, 0.25) is 5.16 Å². The molecule has 2 aromatic carbocycles. The number of hydrogen-bond acceptors (Lipinski definition) is 5. The highest BCUT2D eigenvalue weighted by molar-refractivity contribution is 8.04. The summed E-state index contributed by atoms with van der Waals surface area (Å²) >= 11 is 19.0. The largest absolute Gasteiger partial charge is 0.488 e. The number of H-pyrrole nitrogens is 1. The highest BCUT2D eigenvalue weighted by Gasteiger charge is 2.15. The highest BCUT2D eigenvalue weighted by atomic mass is 35.5. The predicted octanol–water partition coefficient (Wildman–Crippen LogP) is 5.87. The average molecular weight is 471 g/mol. The van der Waals surface area contributed by atoms with Crippen molar-refractivity contribution >= 4 is 58.6 Å². The van der Waals surface area contributed by atoms with Crippen LogP contribution in [0.2, 0.25) is 15.1 Å². The van der Waals surface area contributed by atoms with Crippen molar-refractivity contribution in [1.29, 1.82) is 0 Å². The SMILES string of the molecule is Cc1nc(S/C(=C\c2cc(Cl)ccc2OCc2ccc(Cl)c(Cl)c2)C(=O)O)n[nH]1. The van der Waals surface area contributed by atoms with E-state index in [-0.39, 0.29) is 11.5 Å². The van der Waals surface area contributed by atoms with Crippen LogP contribution in [0.25, 0.3) is 6.08 Å². The minimum absolute atomic E-state index is 0.0191. The minimum Gasteiger partial charge on any atom is -0.488 e. The zero-order chi connectivity index (χ0) is 21.0. The fourth-order valence-corrected chi connectivity index (χ4v) is 3.54. The number of rotatable bonds is 7. The summed E-state index contributed by atoms with van der Waals surface area (Å²) in [5.74, 6) is -0.0653. The fourth-order valence-electron chi connectivity index (χ4n) is 2.30. The van der Waals surface area contributed by atoms with Crippen molar-refractivity contribution < 1.29 is 14.6 Å². The predicted molar refractivity (Wildman–Crippen MR) is 115 cm³/mol. The lowest BCUT2D eigenvalue weighted by atomic mass is 10.2. The van der Waals surface area contributed by atoms with Crippen molar-refractivity contribution in [1.82, 2.24) is 15.2 Å². The molecule has 0 aliphatic carbocycles. The Labute approximate surface area is 185 Å². The lowest BCUT2D eigenvalue weighted by Gasteiger charge is -2.11. The number of nitrogens with zero attached hydrogens (tertiary/aromatic N) is 2. The number of halogens is 3. The number of ether oxygens (including phenoxy) is 1. The Morgan fingerprint density at radius 2 is 2.00 bits per heavy atom. The van der Waals surface area contributed by atoms with Gasteiger partial charge in [-0.3, -0.25) is 5.10 Å². The average Bonchev–Trinajstić information content (AvgIpc) is 3.08. The maximum absolute atomic E-state index is 11.7. The molecular formula is C19H14Cl3N3O3S. The molecule has 10 heteroatoms. The summed E-state index contributed by atoms with van der Waals surface area (Å²) in [6.45, 7) is 1.95. The third-order valence-electron chi connectivity index (χ3n) is 3.63. The van der Waals surface area contributed by atoms with E-state index in [2.05, 4.69) is 15.2 Å². The second-order valence-electron chi connectivity index (χ2n) is 5.84. The van der Waals surface area contributed by atoms with Gasteiger partial charge in [0.15, 0.2) is 0 Å². The summed E-state index contributed by atoms with van der Waals surface area (Å²) in [5, 5.41) is 17.8. The third-order valence-corrected chi connectivity index (χ3v) is 5.48. The lowest BCUT2D eigenvalue weighted by Crippen LogP contribution is -2.00. The molecule has 3 rings (SSSR count). The van der Waals surface area contributed by atoms with Crippen molar-refractivity contribution in [3.05, 3.63) is 73.3 Å². The normalized spacial score (nSPS) is 11.5. The molecule has 3 aromatic rings. The van der Waals surface area contributed by atoms with Gasteiger partial charge < -0.3 is 9.84 Å². The maximum atomic E-state index is 11.7. The summed E-state index contributed by atoms with van der Waals surface area (Å²) in [7, 11) is 0. The van der Waals surface area contributed by atoms with Crippen LogP contribution in [-0.4, -0.2) is 26.3 Å². The van der Waals surface area contributed by atoms with Crippen LogP contribution in [-0.2, 0) is 11.4 Å². The van der Waals surface area contributed by atoms with Crippen molar-refractivity contribution in [2.75, 3.05) is 0 Å². The molecule has 6 nitrogen and oxygen atoms in total. The van der Waals surface area contributed by atoms with Crippen molar-refractivity contribution in [2.45, 2.75) is 18.7 Å². The molecule has 0 amide bonds. The van der Waals surface area contributed by atoms with Crippen molar-refractivity contribution in [2.24, 2.45) is 0 Å². The topological polar surface area (TPSA) is 88.1 Å². The summed E-state index contributed by atoms with van der Waals surface area (Å²) in [6, 6.07) is 10.1. The van der Waals surface area contributed by atoms with E-state index in [9.17, 15) is 9.90 Å². The summed E-state index contributed by atoms with van der Waals surface area (Å²) in [5.41, 5.74) is 1.32. The Kier molecular flexibility index (Phi) is 7.08. The Balaban J connectivity index is 1.86. The van der Waals surface area contributed by atoms with Crippen LogP contribution in [0.5, 0.6) is 5.75 Å². The number of nitrogens with one attached hydrogen (secondary N) is 1. The van der Waals surface area contributed by atoms with E-state index in [4.69, 9.17) is 39.5 Å². The smallest absolute Gasteiger partial charge is 0.342 e. The first-order valence-corrected chi connectivity index (χ1v) is 10.1. The molecule has 2 N–H and O–H groups in total. The fraction of sp³-hybridized carbons (Fsp3) is 0.105.